The van der Waals surface area contributed by atoms with E-state index in [2.05, 4.69) is 15.2 Å². The first-order chi connectivity index (χ1) is 23.2. The van der Waals surface area contributed by atoms with Gasteiger partial charge in [0.1, 0.15) is 11.9 Å². The average Bonchev–Trinajstić information content (AvgIpc) is 3.70. The van der Waals surface area contributed by atoms with E-state index in [1.54, 1.807) is 42.5 Å². The first-order valence-electron chi connectivity index (χ1n) is 15.3. The number of carboxylic acid groups (broad SMARTS) is 1. The van der Waals surface area contributed by atoms with Crippen LogP contribution >= 0.6 is 22.9 Å². The Kier molecular flexibility index (Phi) is 10.1. The summed E-state index contributed by atoms with van der Waals surface area (Å²) in [5.74, 6) is -1.59. The second-order valence-corrected chi connectivity index (χ2v) is 12.9. The highest BCUT2D eigenvalue weighted by Crippen LogP contribution is 2.38. The second kappa shape index (κ2) is 14.4. The number of carbonyl (C=O) groups excluding carboxylic acids is 2. The number of piperazine rings is 1. The maximum atomic E-state index is 14.1. The molecular formula is C33H34ClFN6O6S. The number of urea groups is 1. The number of nitrogens with one attached hydrogen (secondary N) is 1. The number of carbonyl (C=O) groups is 3. The number of aromatic nitrogens is 1. The quantitative estimate of drug-likeness (QED) is 0.284. The van der Waals surface area contributed by atoms with Crippen molar-refractivity contribution in [3.63, 3.8) is 0 Å². The molecule has 0 saturated carbocycles. The van der Waals surface area contributed by atoms with Crippen LogP contribution in [0, 0.1) is 5.82 Å². The summed E-state index contributed by atoms with van der Waals surface area (Å²) in [7, 11) is 2.91. The van der Waals surface area contributed by atoms with Crippen LogP contribution in [0.15, 0.2) is 70.3 Å². The fraction of sp³-hybridized carbons (Fsp3) is 0.364. The molecule has 2 aromatic carbocycles. The number of anilines is 1. The normalized spacial score (nSPS) is 21.2. The third-order valence-corrected chi connectivity index (χ3v) is 9.83. The highest BCUT2D eigenvalue weighted by Gasteiger charge is 2.48. The number of hydrogen-bond acceptors (Lipinski definition) is 10. The van der Waals surface area contributed by atoms with Crippen molar-refractivity contribution in [2.75, 3.05) is 51.9 Å². The van der Waals surface area contributed by atoms with E-state index >= 15 is 0 Å². The molecule has 0 bridgehead atoms. The Labute approximate surface area is 285 Å². The molecule has 6 rings (SSSR count). The first kappa shape index (κ1) is 33.5. The molecule has 3 aromatic rings. The lowest BCUT2D eigenvalue weighted by atomic mass is 9.94. The number of amides is 2. The van der Waals surface area contributed by atoms with Gasteiger partial charge in [-0.1, -0.05) is 29.8 Å². The highest BCUT2D eigenvalue weighted by atomic mass is 35.5. The van der Waals surface area contributed by atoms with E-state index in [1.807, 2.05) is 10.3 Å². The Balaban J connectivity index is 1.32. The van der Waals surface area contributed by atoms with Crippen LogP contribution in [-0.2, 0) is 25.5 Å². The molecular weight excluding hydrogens is 663 g/mol. The molecule has 12 nitrogen and oxygen atoms in total. The van der Waals surface area contributed by atoms with Gasteiger partial charge in [-0.25, -0.2) is 19.0 Å². The Bertz CT molecular complexity index is 1750. The number of methoxy groups -OCH3 is 2. The molecule has 2 amide bonds. The molecule has 2 N–H and O–H groups in total. The van der Waals surface area contributed by atoms with Crippen molar-refractivity contribution < 1.29 is 33.4 Å². The standard InChI is InChI=1S/C33H34ClFN6O6S/c1-46-13-9-25-26-18-39(11-12-40(26)33(45)41(25)21-6-3-19(4-7-21)15-27(42)43)17-24-28(32(44)47-2)29(22-8-5-20(35)16-23(22)34)38-30(37-24)31-36-10-14-48-31/h3-8,10,14,16,25-26,29H,9,11-13,15,17-18H2,1-2H3,(H,37,38)(H,42,43)/t25?,26?,29-/m0/s1. The predicted octanol–water partition coefficient (Wildman–Crippen LogP) is 4.11. The van der Waals surface area contributed by atoms with Crippen molar-refractivity contribution in [3.8, 4) is 0 Å². The van der Waals surface area contributed by atoms with E-state index in [-0.39, 0.29) is 35.1 Å². The number of thiazole rings is 1. The molecule has 3 aliphatic heterocycles. The summed E-state index contributed by atoms with van der Waals surface area (Å²) in [5, 5.41) is 15.1. The zero-order valence-electron chi connectivity index (χ0n) is 26.3. The average molecular weight is 697 g/mol. The van der Waals surface area contributed by atoms with Crippen LogP contribution in [0.3, 0.4) is 0 Å². The van der Waals surface area contributed by atoms with E-state index in [0.717, 1.165) is 0 Å². The number of esters is 1. The fourth-order valence-corrected chi connectivity index (χ4v) is 7.39. The number of hydrogen-bond donors (Lipinski definition) is 2. The van der Waals surface area contributed by atoms with Gasteiger partial charge in [0.05, 0.1) is 31.2 Å². The number of aliphatic carboxylic acids is 1. The van der Waals surface area contributed by atoms with Gasteiger partial charge in [-0.05, 0) is 36.2 Å². The van der Waals surface area contributed by atoms with Gasteiger partial charge >= 0.3 is 18.0 Å². The van der Waals surface area contributed by atoms with Crippen molar-refractivity contribution in [3.05, 3.63) is 92.3 Å². The van der Waals surface area contributed by atoms with E-state index in [4.69, 9.17) is 26.1 Å². The molecule has 252 valence electrons. The molecule has 2 saturated heterocycles. The Morgan fingerprint density at radius 3 is 2.62 bits per heavy atom. The van der Waals surface area contributed by atoms with Crippen LogP contribution in [-0.4, -0.2) is 103 Å². The minimum Gasteiger partial charge on any atom is -0.481 e. The molecule has 4 heterocycles. The third kappa shape index (κ3) is 6.79. The number of halogens is 2. The number of benzene rings is 2. The molecule has 0 aliphatic carbocycles. The van der Waals surface area contributed by atoms with E-state index in [0.29, 0.717) is 72.6 Å². The molecule has 48 heavy (non-hydrogen) atoms. The molecule has 3 atom stereocenters. The Hall–Kier alpha value is -4.37. The minimum atomic E-state index is -0.926. The van der Waals surface area contributed by atoms with Gasteiger partial charge in [-0.2, -0.15) is 0 Å². The smallest absolute Gasteiger partial charge is 0.338 e. The lowest BCUT2D eigenvalue weighted by Gasteiger charge is -2.39. The van der Waals surface area contributed by atoms with Crippen LogP contribution in [0.25, 0.3) is 0 Å². The lowest BCUT2D eigenvalue weighted by Crippen LogP contribution is -2.55. The highest BCUT2D eigenvalue weighted by molar-refractivity contribution is 7.11. The van der Waals surface area contributed by atoms with Crippen LogP contribution in [0.1, 0.15) is 28.6 Å². The largest absolute Gasteiger partial charge is 0.481 e. The molecule has 1 aromatic heterocycles. The number of fused-ring (bicyclic) bond motifs is 1. The molecule has 15 heteroatoms. The monoisotopic (exact) mass is 696 g/mol. The summed E-state index contributed by atoms with van der Waals surface area (Å²) in [6.07, 6.45) is 2.13. The van der Waals surface area contributed by atoms with Crippen molar-refractivity contribution in [1.82, 2.24) is 20.1 Å². The van der Waals surface area contributed by atoms with Gasteiger partial charge in [-0.15, -0.1) is 11.3 Å². The van der Waals surface area contributed by atoms with Crippen molar-refractivity contribution in [2.24, 2.45) is 4.99 Å². The third-order valence-electron chi connectivity index (χ3n) is 8.72. The Morgan fingerprint density at radius 1 is 1.17 bits per heavy atom. The number of ether oxygens (including phenoxy) is 2. The summed E-state index contributed by atoms with van der Waals surface area (Å²) < 4.78 is 24.7. The van der Waals surface area contributed by atoms with Crippen molar-refractivity contribution in [1.29, 1.82) is 0 Å². The van der Waals surface area contributed by atoms with E-state index in [1.165, 1.54) is 36.6 Å². The Morgan fingerprint density at radius 2 is 1.96 bits per heavy atom. The van der Waals surface area contributed by atoms with Gasteiger partial charge in [0.25, 0.3) is 0 Å². The SMILES string of the molecule is COCCC1C2CN(CC3=C(C(=O)OC)[C@H](c4ccc(F)cc4Cl)N=C(c4nccs4)N3)CCN2C(=O)N1c1ccc(CC(=O)O)cc1. The minimum absolute atomic E-state index is 0.105. The summed E-state index contributed by atoms with van der Waals surface area (Å²) >= 11 is 7.89. The fourth-order valence-electron chi connectivity index (χ4n) is 6.53. The number of amidine groups is 1. The summed E-state index contributed by atoms with van der Waals surface area (Å²) in [4.78, 5) is 53.5. The van der Waals surface area contributed by atoms with Crippen LogP contribution in [0.5, 0.6) is 0 Å². The molecule has 0 radical (unpaired) electrons. The topological polar surface area (TPSA) is 137 Å². The van der Waals surface area contributed by atoms with Crippen LogP contribution in [0.4, 0.5) is 14.9 Å². The van der Waals surface area contributed by atoms with Gasteiger partial charge in [0.15, 0.2) is 10.8 Å². The van der Waals surface area contributed by atoms with E-state index < -0.39 is 23.8 Å². The van der Waals surface area contributed by atoms with E-state index in [9.17, 15) is 23.9 Å². The predicted molar refractivity (Wildman–Crippen MR) is 178 cm³/mol. The number of nitrogens with zero attached hydrogens (tertiary/aromatic N) is 5. The van der Waals surface area contributed by atoms with Gasteiger partial charge in [-0.3, -0.25) is 19.6 Å². The number of rotatable bonds is 11. The second-order valence-electron chi connectivity index (χ2n) is 11.6. The maximum Gasteiger partial charge on any atom is 0.338 e. The number of aliphatic imine (C=N–C) groups is 1. The maximum absolute atomic E-state index is 14.1. The zero-order valence-corrected chi connectivity index (χ0v) is 27.8. The zero-order chi connectivity index (χ0) is 33.9. The molecule has 3 aliphatic rings. The van der Waals surface area contributed by atoms with Gasteiger partial charge < -0.3 is 24.8 Å². The van der Waals surface area contributed by atoms with Crippen LogP contribution in [0.2, 0.25) is 5.02 Å². The lowest BCUT2D eigenvalue weighted by molar-refractivity contribution is -0.137. The summed E-state index contributed by atoms with van der Waals surface area (Å²) in [6.45, 7) is 2.20. The van der Waals surface area contributed by atoms with Gasteiger partial charge in [0, 0.05) is 73.4 Å². The number of carboxylic acids is 1. The van der Waals surface area contributed by atoms with Crippen molar-refractivity contribution in [2.45, 2.75) is 31.0 Å². The van der Waals surface area contributed by atoms with Crippen molar-refractivity contribution >= 4 is 52.4 Å². The van der Waals surface area contributed by atoms with Crippen LogP contribution < -0.4 is 10.2 Å². The molecule has 0 spiro atoms. The first-order valence-corrected chi connectivity index (χ1v) is 16.6. The summed E-state index contributed by atoms with van der Waals surface area (Å²) in [5.41, 5.74) is 2.57. The summed E-state index contributed by atoms with van der Waals surface area (Å²) in [6, 6.07) is 9.58. The molecule has 2 unspecified atom stereocenters. The molecule has 2 fully saturated rings. The van der Waals surface area contributed by atoms with Gasteiger partial charge in [0.2, 0.25) is 0 Å².